The van der Waals surface area contributed by atoms with E-state index in [-0.39, 0.29) is 0 Å². The Hall–Kier alpha value is -3.18. The van der Waals surface area contributed by atoms with Gasteiger partial charge in [-0.3, -0.25) is 4.98 Å². The third kappa shape index (κ3) is 3.08. The highest BCUT2D eigenvalue weighted by Crippen LogP contribution is 2.39. The molecule has 0 spiro atoms. The van der Waals surface area contributed by atoms with Gasteiger partial charge in [-0.25, -0.2) is 9.97 Å². The Morgan fingerprint density at radius 2 is 1.90 bits per heavy atom. The molecule has 0 fully saturated rings. The summed E-state index contributed by atoms with van der Waals surface area (Å²) in [6, 6.07) is 14.3. The molecular weight excluding hydrogens is 384 g/mol. The molecule has 4 aromatic rings. The van der Waals surface area contributed by atoms with Crippen LogP contribution in [0.4, 0.5) is 11.5 Å². The summed E-state index contributed by atoms with van der Waals surface area (Å²) in [5, 5.41) is 1.73. The van der Waals surface area contributed by atoms with E-state index in [0.29, 0.717) is 0 Å². The molecule has 0 aliphatic carbocycles. The van der Waals surface area contributed by atoms with Crippen LogP contribution in [-0.4, -0.2) is 28.6 Å². The fraction of sp³-hybridized carbons (Fsp3) is 0.174. The summed E-state index contributed by atoms with van der Waals surface area (Å²) in [7, 11) is 1.66. The average molecular weight is 403 g/mol. The SMILES string of the molecule is COc1cc(-c2ccc3ncnc(N4CCc5ccc(Cl)cc54)c3c2)cnc1C. The molecule has 0 saturated carbocycles. The average Bonchev–Trinajstić information content (AvgIpc) is 3.16. The van der Waals surface area contributed by atoms with Crippen molar-refractivity contribution in [3.63, 3.8) is 0 Å². The Morgan fingerprint density at radius 1 is 1.00 bits per heavy atom. The van der Waals surface area contributed by atoms with Gasteiger partial charge in [-0.05, 0) is 54.8 Å². The zero-order valence-corrected chi connectivity index (χ0v) is 16.9. The fourth-order valence-corrected chi connectivity index (χ4v) is 4.05. The van der Waals surface area contributed by atoms with E-state index in [0.717, 1.165) is 63.0 Å². The Morgan fingerprint density at radius 3 is 2.76 bits per heavy atom. The molecular formula is C23H19ClN4O. The van der Waals surface area contributed by atoms with E-state index in [2.05, 4.69) is 38.1 Å². The number of ether oxygens (including phenoxy) is 1. The Balaban J connectivity index is 1.65. The number of hydrogen-bond acceptors (Lipinski definition) is 5. The van der Waals surface area contributed by atoms with Crippen molar-refractivity contribution < 1.29 is 4.74 Å². The number of aromatic nitrogens is 3. The van der Waals surface area contributed by atoms with Crippen molar-refractivity contribution in [1.82, 2.24) is 15.0 Å². The molecule has 0 amide bonds. The standard InChI is InChI=1S/C23H19ClN4O/c1-14-22(29-2)10-17(12-25-14)16-4-6-20-19(9-16)23(27-13-26-20)28-8-7-15-3-5-18(24)11-21(15)28/h3-6,9-13H,7-8H2,1-2H3. The van der Waals surface area contributed by atoms with Crippen molar-refractivity contribution in [3.8, 4) is 16.9 Å². The number of rotatable bonds is 3. The topological polar surface area (TPSA) is 51.1 Å². The number of anilines is 2. The van der Waals surface area contributed by atoms with Gasteiger partial charge in [-0.2, -0.15) is 0 Å². The molecule has 144 valence electrons. The van der Waals surface area contributed by atoms with E-state index in [4.69, 9.17) is 16.3 Å². The highest BCUT2D eigenvalue weighted by Gasteiger charge is 2.23. The second kappa shape index (κ2) is 7.01. The smallest absolute Gasteiger partial charge is 0.144 e. The molecule has 5 rings (SSSR count). The lowest BCUT2D eigenvalue weighted by Gasteiger charge is -2.20. The number of methoxy groups -OCH3 is 1. The first-order valence-electron chi connectivity index (χ1n) is 9.46. The molecule has 2 aromatic carbocycles. The number of halogens is 1. The molecule has 0 radical (unpaired) electrons. The van der Waals surface area contributed by atoms with Crippen LogP contribution in [0, 0.1) is 6.92 Å². The molecule has 29 heavy (non-hydrogen) atoms. The van der Waals surface area contributed by atoms with E-state index in [1.165, 1.54) is 5.56 Å². The van der Waals surface area contributed by atoms with Gasteiger partial charge in [-0.1, -0.05) is 23.7 Å². The lowest BCUT2D eigenvalue weighted by atomic mass is 10.0. The third-order valence-electron chi connectivity index (χ3n) is 5.41. The van der Waals surface area contributed by atoms with Crippen LogP contribution >= 0.6 is 11.6 Å². The molecule has 5 nitrogen and oxygen atoms in total. The zero-order valence-electron chi connectivity index (χ0n) is 16.2. The van der Waals surface area contributed by atoms with Gasteiger partial charge in [0.05, 0.1) is 18.3 Å². The molecule has 3 heterocycles. The summed E-state index contributed by atoms with van der Waals surface area (Å²) < 4.78 is 5.44. The largest absolute Gasteiger partial charge is 0.495 e. The molecule has 0 unspecified atom stereocenters. The number of benzene rings is 2. The molecule has 0 N–H and O–H groups in total. The second-order valence-electron chi connectivity index (χ2n) is 7.12. The number of fused-ring (bicyclic) bond motifs is 2. The van der Waals surface area contributed by atoms with Crippen molar-refractivity contribution in [2.45, 2.75) is 13.3 Å². The molecule has 6 heteroatoms. The van der Waals surface area contributed by atoms with Gasteiger partial charge in [0, 0.05) is 34.4 Å². The van der Waals surface area contributed by atoms with Crippen LogP contribution in [0.25, 0.3) is 22.0 Å². The van der Waals surface area contributed by atoms with Crippen LogP contribution in [0.5, 0.6) is 5.75 Å². The lowest BCUT2D eigenvalue weighted by Crippen LogP contribution is -2.15. The van der Waals surface area contributed by atoms with Crippen molar-refractivity contribution in [2.24, 2.45) is 0 Å². The number of pyridine rings is 1. The van der Waals surface area contributed by atoms with Gasteiger partial charge in [0.25, 0.3) is 0 Å². The van der Waals surface area contributed by atoms with E-state index in [1.54, 1.807) is 13.4 Å². The third-order valence-corrected chi connectivity index (χ3v) is 5.64. The quantitative estimate of drug-likeness (QED) is 0.462. The predicted octanol–water partition coefficient (Wildman–Crippen LogP) is 5.36. The summed E-state index contributed by atoms with van der Waals surface area (Å²) >= 11 is 6.26. The van der Waals surface area contributed by atoms with E-state index in [1.807, 2.05) is 37.4 Å². The highest BCUT2D eigenvalue weighted by molar-refractivity contribution is 6.31. The lowest BCUT2D eigenvalue weighted by molar-refractivity contribution is 0.409. The highest BCUT2D eigenvalue weighted by atomic mass is 35.5. The Bertz CT molecular complexity index is 1240. The first-order valence-corrected chi connectivity index (χ1v) is 9.83. The Kier molecular flexibility index (Phi) is 4.32. The van der Waals surface area contributed by atoms with Crippen LogP contribution in [0.15, 0.2) is 55.0 Å². The Labute approximate surface area is 174 Å². The molecule has 0 atom stereocenters. The van der Waals surface area contributed by atoms with Crippen molar-refractivity contribution in [1.29, 1.82) is 0 Å². The first-order chi connectivity index (χ1) is 14.1. The summed E-state index contributed by atoms with van der Waals surface area (Å²) in [6.07, 6.45) is 4.46. The van der Waals surface area contributed by atoms with E-state index < -0.39 is 0 Å². The van der Waals surface area contributed by atoms with Gasteiger partial charge in [0.1, 0.15) is 17.9 Å². The minimum Gasteiger partial charge on any atom is -0.495 e. The number of nitrogens with zero attached hydrogens (tertiary/aromatic N) is 4. The van der Waals surface area contributed by atoms with Crippen LogP contribution < -0.4 is 9.64 Å². The maximum atomic E-state index is 6.26. The van der Waals surface area contributed by atoms with Gasteiger partial charge < -0.3 is 9.64 Å². The second-order valence-corrected chi connectivity index (χ2v) is 7.55. The summed E-state index contributed by atoms with van der Waals surface area (Å²) in [5.41, 5.74) is 6.21. The van der Waals surface area contributed by atoms with E-state index in [9.17, 15) is 0 Å². The first kappa shape index (κ1) is 17.9. The predicted molar refractivity (Wildman–Crippen MR) is 116 cm³/mol. The van der Waals surface area contributed by atoms with Crippen molar-refractivity contribution >= 4 is 34.0 Å². The molecule has 2 aromatic heterocycles. The minimum atomic E-state index is 0.729. The van der Waals surface area contributed by atoms with Crippen LogP contribution in [0.3, 0.4) is 0 Å². The molecule has 0 saturated heterocycles. The van der Waals surface area contributed by atoms with Gasteiger partial charge in [0.2, 0.25) is 0 Å². The molecule has 1 aliphatic heterocycles. The minimum absolute atomic E-state index is 0.729. The van der Waals surface area contributed by atoms with Crippen LogP contribution in [-0.2, 0) is 6.42 Å². The van der Waals surface area contributed by atoms with Crippen molar-refractivity contribution in [3.05, 3.63) is 71.3 Å². The summed E-state index contributed by atoms with van der Waals surface area (Å²) in [6.45, 7) is 2.80. The van der Waals surface area contributed by atoms with E-state index >= 15 is 0 Å². The van der Waals surface area contributed by atoms with Gasteiger partial charge >= 0.3 is 0 Å². The molecule has 1 aliphatic rings. The molecule has 0 bridgehead atoms. The van der Waals surface area contributed by atoms with Crippen molar-refractivity contribution in [2.75, 3.05) is 18.6 Å². The van der Waals surface area contributed by atoms with Gasteiger partial charge in [0.15, 0.2) is 0 Å². The maximum absolute atomic E-state index is 6.26. The normalized spacial score (nSPS) is 13.0. The van der Waals surface area contributed by atoms with Gasteiger partial charge in [-0.15, -0.1) is 0 Å². The summed E-state index contributed by atoms with van der Waals surface area (Å²) in [4.78, 5) is 15.8. The number of aryl methyl sites for hydroxylation is 1. The zero-order chi connectivity index (χ0) is 20.0. The monoisotopic (exact) mass is 402 g/mol. The number of hydrogen-bond donors (Lipinski definition) is 0. The van der Waals surface area contributed by atoms with Crippen LogP contribution in [0.1, 0.15) is 11.3 Å². The maximum Gasteiger partial charge on any atom is 0.144 e. The summed E-state index contributed by atoms with van der Waals surface area (Å²) in [5.74, 6) is 1.67. The van der Waals surface area contributed by atoms with Crippen LogP contribution in [0.2, 0.25) is 5.02 Å². The fourth-order valence-electron chi connectivity index (χ4n) is 3.89.